The zero-order chi connectivity index (χ0) is 20.8. The number of aryl methyl sites for hydroxylation is 1. The quantitative estimate of drug-likeness (QED) is 0.524. The highest BCUT2D eigenvalue weighted by molar-refractivity contribution is 5.80. The van der Waals surface area contributed by atoms with Crippen LogP contribution in [0.4, 0.5) is 5.82 Å². The van der Waals surface area contributed by atoms with Gasteiger partial charge in [-0.3, -0.25) is 18.9 Å². The van der Waals surface area contributed by atoms with E-state index in [0.717, 1.165) is 42.8 Å². The topological polar surface area (TPSA) is 115 Å². The van der Waals surface area contributed by atoms with Crippen molar-refractivity contribution in [1.82, 2.24) is 24.1 Å². The van der Waals surface area contributed by atoms with Gasteiger partial charge in [-0.15, -0.1) is 0 Å². The van der Waals surface area contributed by atoms with Gasteiger partial charge in [0.05, 0.1) is 28.8 Å². The van der Waals surface area contributed by atoms with Gasteiger partial charge in [-0.05, 0) is 37.1 Å². The fourth-order valence-electron chi connectivity index (χ4n) is 4.15. The number of nitrogens with zero attached hydrogens (tertiary/aromatic N) is 5. The molecule has 1 atom stereocenters. The summed E-state index contributed by atoms with van der Waals surface area (Å²) < 4.78 is 2.72. The number of nitrogens with two attached hydrogens (primary N) is 1. The summed E-state index contributed by atoms with van der Waals surface area (Å²) in [7, 11) is 1.68. The Kier molecular flexibility index (Phi) is 4.39. The van der Waals surface area contributed by atoms with Crippen LogP contribution in [0.2, 0.25) is 0 Å². The molecule has 0 bridgehead atoms. The molecule has 5 rings (SSSR count). The van der Waals surface area contributed by atoms with Crippen LogP contribution in [0, 0.1) is 0 Å². The summed E-state index contributed by atoms with van der Waals surface area (Å²) in [6, 6.07) is 9.28. The zero-order valence-corrected chi connectivity index (χ0v) is 16.7. The van der Waals surface area contributed by atoms with Crippen LogP contribution in [0.25, 0.3) is 22.1 Å². The summed E-state index contributed by atoms with van der Waals surface area (Å²) >= 11 is 0. The molecule has 5 heterocycles. The highest BCUT2D eigenvalue weighted by Crippen LogP contribution is 2.22. The molecule has 1 fully saturated rings. The van der Waals surface area contributed by atoms with Crippen molar-refractivity contribution in [2.45, 2.75) is 25.4 Å². The minimum atomic E-state index is -0.374. The summed E-state index contributed by atoms with van der Waals surface area (Å²) in [5, 5.41) is 0. The number of rotatable bonds is 3. The van der Waals surface area contributed by atoms with E-state index in [9.17, 15) is 9.59 Å². The standard InChI is InChI=1S/C21H23N7O2/c1-26-17-10-18(27-9-3-4-13(22)11-27)25-19(17)20(29)28(21(26)30)12-14-6-7-15-16(24-14)5-2-8-23-15/h2,5-8,10,13,25H,3-4,9,11-12,22H2,1H3/t13-/m1/s1. The lowest BCUT2D eigenvalue weighted by Crippen LogP contribution is -2.43. The van der Waals surface area contributed by atoms with E-state index in [4.69, 9.17) is 5.73 Å². The summed E-state index contributed by atoms with van der Waals surface area (Å²) in [5.41, 5.74) is 8.50. The minimum Gasteiger partial charge on any atom is -0.357 e. The van der Waals surface area contributed by atoms with Crippen molar-refractivity contribution in [1.29, 1.82) is 0 Å². The molecule has 0 radical (unpaired) electrons. The summed E-state index contributed by atoms with van der Waals surface area (Å²) in [6.07, 6.45) is 3.70. The number of aromatic nitrogens is 5. The maximum atomic E-state index is 13.2. The number of hydrogen-bond donors (Lipinski definition) is 2. The van der Waals surface area contributed by atoms with Gasteiger partial charge in [0.1, 0.15) is 11.3 Å². The fraction of sp³-hybridized carbons (Fsp3) is 0.333. The molecule has 1 saturated heterocycles. The number of piperidine rings is 1. The maximum Gasteiger partial charge on any atom is 0.331 e. The predicted octanol–water partition coefficient (Wildman–Crippen LogP) is 0.947. The van der Waals surface area contributed by atoms with Crippen LogP contribution < -0.4 is 21.9 Å². The van der Waals surface area contributed by atoms with Crippen LogP contribution in [0.5, 0.6) is 0 Å². The van der Waals surface area contributed by atoms with Gasteiger partial charge in [-0.2, -0.15) is 0 Å². The van der Waals surface area contributed by atoms with Gasteiger partial charge in [-0.25, -0.2) is 9.78 Å². The van der Waals surface area contributed by atoms with E-state index < -0.39 is 0 Å². The minimum absolute atomic E-state index is 0.0925. The third-order valence-electron chi connectivity index (χ3n) is 5.75. The van der Waals surface area contributed by atoms with Gasteiger partial charge < -0.3 is 15.6 Å². The average molecular weight is 405 g/mol. The molecule has 0 unspecified atom stereocenters. The van der Waals surface area contributed by atoms with Gasteiger partial charge >= 0.3 is 5.69 Å². The molecule has 1 aliphatic heterocycles. The number of pyridine rings is 2. The van der Waals surface area contributed by atoms with E-state index in [1.807, 2.05) is 24.3 Å². The second-order valence-corrected chi connectivity index (χ2v) is 7.84. The monoisotopic (exact) mass is 405 g/mol. The lowest BCUT2D eigenvalue weighted by atomic mass is 10.1. The maximum absolute atomic E-state index is 13.2. The Morgan fingerprint density at radius 1 is 1.23 bits per heavy atom. The van der Waals surface area contributed by atoms with Crippen molar-refractivity contribution in [3.63, 3.8) is 0 Å². The number of hydrogen-bond acceptors (Lipinski definition) is 6. The normalized spacial score (nSPS) is 17.1. The Balaban J connectivity index is 1.58. The molecular weight excluding hydrogens is 382 g/mol. The van der Waals surface area contributed by atoms with Crippen LogP contribution in [-0.2, 0) is 13.6 Å². The van der Waals surface area contributed by atoms with Crippen LogP contribution in [0.3, 0.4) is 0 Å². The lowest BCUT2D eigenvalue weighted by molar-refractivity contribution is 0.504. The first-order chi connectivity index (χ1) is 14.5. The molecule has 30 heavy (non-hydrogen) atoms. The molecule has 0 spiro atoms. The van der Waals surface area contributed by atoms with E-state index in [1.54, 1.807) is 19.3 Å². The Bertz CT molecular complexity index is 1370. The van der Waals surface area contributed by atoms with Gasteiger partial charge in [0.15, 0.2) is 0 Å². The van der Waals surface area contributed by atoms with E-state index in [1.165, 1.54) is 9.13 Å². The van der Waals surface area contributed by atoms with E-state index in [2.05, 4.69) is 19.9 Å². The molecule has 154 valence electrons. The first-order valence-electron chi connectivity index (χ1n) is 10.0. The van der Waals surface area contributed by atoms with Crippen molar-refractivity contribution >= 4 is 27.9 Å². The molecule has 0 amide bonds. The van der Waals surface area contributed by atoms with E-state index in [0.29, 0.717) is 16.7 Å². The van der Waals surface area contributed by atoms with Crippen LogP contribution in [0.15, 0.2) is 46.1 Å². The van der Waals surface area contributed by atoms with Crippen molar-refractivity contribution in [3.8, 4) is 0 Å². The second-order valence-electron chi connectivity index (χ2n) is 7.84. The number of aromatic amines is 1. The van der Waals surface area contributed by atoms with Gasteiger partial charge in [0.25, 0.3) is 5.56 Å². The Labute approximate surface area is 171 Å². The molecular formula is C21H23N7O2. The first kappa shape index (κ1) is 18.6. The van der Waals surface area contributed by atoms with Crippen molar-refractivity contribution in [3.05, 3.63) is 63.1 Å². The molecule has 0 saturated carbocycles. The van der Waals surface area contributed by atoms with Crippen LogP contribution in [-0.4, -0.2) is 43.2 Å². The largest absolute Gasteiger partial charge is 0.357 e. The van der Waals surface area contributed by atoms with E-state index >= 15 is 0 Å². The molecule has 0 aliphatic carbocycles. The molecule has 4 aromatic heterocycles. The molecule has 9 nitrogen and oxygen atoms in total. The van der Waals surface area contributed by atoms with Crippen molar-refractivity contribution in [2.24, 2.45) is 12.8 Å². The van der Waals surface area contributed by atoms with Gasteiger partial charge in [-0.1, -0.05) is 0 Å². The highest BCUT2D eigenvalue weighted by atomic mass is 16.2. The van der Waals surface area contributed by atoms with Crippen molar-refractivity contribution in [2.75, 3.05) is 18.0 Å². The van der Waals surface area contributed by atoms with E-state index in [-0.39, 0.29) is 23.8 Å². The molecule has 0 aromatic carbocycles. The summed E-state index contributed by atoms with van der Waals surface area (Å²) in [4.78, 5) is 40.3. The third kappa shape index (κ3) is 3.07. The number of fused-ring (bicyclic) bond motifs is 2. The Hall–Kier alpha value is -3.46. The predicted molar refractivity (Wildman–Crippen MR) is 116 cm³/mol. The van der Waals surface area contributed by atoms with Crippen LogP contribution >= 0.6 is 0 Å². The molecule has 3 N–H and O–H groups in total. The highest BCUT2D eigenvalue weighted by Gasteiger charge is 2.21. The zero-order valence-electron chi connectivity index (χ0n) is 16.7. The number of H-pyrrole nitrogens is 1. The van der Waals surface area contributed by atoms with Gasteiger partial charge in [0, 0.05) is 38.4 Å². The first-order valence-corrected chi connectivity index (χ1v) is 10.0. The molecule has 9 heteroatoms. The van der Waals surface area contributed by atoms with Gasteiger partial charge in [0.2, 0.25) is 0 Å². The Morgan fingerprint density at radius 3 is 2.93 bits per heavy atom. The lowest BCUT2D eigenvalue weighted by Gasteiger charge is -2.31. The van der Waals surface area contributed by atoms with Crippen molar-refractivity contribution < 1.29 is 0 Å². The SMILES string of the molecule is Cn1c(=O)n(Cc2ccc3ncccc3n2)c(=O)c2[nH]c(N3CCC[C@@H](N)C3)cc21. The third-order valence-corrected chi connectivity index (χ3v) is 5.75. The number of nitrogens with one attached hydrogen (secondary N) is 1. The number of anilines is 1. The summed E-state index contributed by atoms with van der Waals surface area (Å²) in [5.74, 6) is 0.819. The molecule has 1 aliphatic rings. The second kappa shape index (κ2) is 7.10. The fourth-order valence-corrected chi connectivity index (χ4v) is 4.15. The summed E-state index contributed by atoms with van der Waals surface area (Å²) in [6.45, 7) is 1.69. The average Bonchev–Trinajstić information content (AvgIpc) is 3.21. The molecule has 4 aromatic rings. The smallest absolute Gasteiger partial charge is 0.331 e. The Morgan fingerprint density at radius 2 is 2.10 bits per heavy atom. The van der Waals surface area contributed by atoms with Crippen LogP contribution in [0.1, 0.15) is 18.5 Å².